The van der Waals surface area contributed by atoms with E-state index in [4.69, 9.17) is 11.6 Å². The maximum absolute atomic E-state index is 12.6. The van der Waals surface area contributed by atoms with E-state index in [9.17, 15) is 13.2 Å². The molecule has 0 saturated carbocycles. The molecule has 2 rings (SSSR count). The topological polar surface area (TPSA) is 38.7 Å². The number of aromatic nitrogens is 3. The van der Waals surface area contributed by atoms with Crippen molar-refractivity contribution in [3.05, 3.63) is 41.1 Å². The first kappa shape index (κ1) is 12.8. The maximum atomic E-state index is 12.6. The van der Waals surface area contributed by atoms with E-state index in [1.54, 1.807) is 19.2 Å². The Labute approximate surface area is 106 Å². The molecule has 2 heterocycles. The quantitative estimate of drug-likeness (QED) is 0.746. The Morgan fingerprint density at radius 2 is 1.94 bits per heavy atom. The van der Waals surface area contributed by atoms with Crippen molar-refractivity contribution in [3.63, 3.8) is 0 Å². The van der Waals surface area contributed by atoms with Gasteiger partial charge >= 0.3 is 6.18 Å². The molecule has 2 aromatic rings. The van der Waals surface area contributed by atoms with E-state index in [1.807, 2.05) is 0 Å². The first-order valence-corrected chi connectivity index (χ1v) is 5.28. The molecule has 0 atom stereocenters. The van der Waals surface area contributed by atoms with Gasteiger partial charge < -0.3 is 0 Å². The highest BCUT2D eigenvalue weighted by Crippen LogP contribution is 2.30. The fourth-order valence-electron chi connectivity index (χ4n) is 1.41. The van der Waals surface area contributed by atoms with E-state index in [0.717, 1.165) is 5.56 Å². The van der Waals surface area contributed by atoms with Crippen molar-refractivity contribution in [2.24, 2.45) is 0 Å². The number of rotatable bonds is 1. The Morgan fingerprint density at radius 1 is 1.22 bits per heavy atom. The molecule has 0 spiro atoms. The second-order valence-electron chi connectivity index (χ2n) is 3.59. The van der Waals surface area contributed by atoms with E-state index >= 15 is 0 Å². The zero-order chi connectivity index (χ0) is 13.3. The van der Waals surface area contributed by atoms with E-state index < -0.39 is 12.0 Å². The van der Waals surface area contributed by atoms with Crippen LogP contribution in [0.1, 0.15) is 11.4 Å². The van der Waals surface area contributed by atoms with Gasteiger partial charge in [0.05, 0.1) is 5.69 Å². The van der Waals surface area contributed by atoms with Crippen LogP contribution in [-0.4, -0.2) is 15.0 Å². The fraction of sp³-hybridized carbons (Fsp3) is 0.182. The van der Waals surface area contributed by atoms with Crippen LogP contribution >= 0.6 is 11.6 Å². The Morgan fingerprint density at radius 3 is 2.56 bits per heavy atom. The molecule has 0 unspecified atom stereocenters. The first-order chi connectivity index (χ1) is 8.38. The standard InChI is InChI=1S/C11H7ClF3N3/c1-6-2-3-16-5-7(6)8-4-9(12)18-10(17-8)11(13,14)15/h2-5H,1H3. The lowest BCUT2D eigenvalue weighted by atomic mass is 10.1. The minimum Gasteiger partial charge on any atom is -0.264 e. The third-order valence-corrected chi connectivity index (χ3v) is 2.46. The largest absolute Gasteiger partial charge is 0.451 e. The van der Waals surface area contributed by atoms with Gasteiger partial charge in [0, 0.05) is 24.0 Å². The van der Waals surface area contributed by atoms with Crippen LogP contribution in [0.2, 0.25) is 5.15 Å². The summed E-state index contributed by atoms with van der Waals surface area (Å²) in [5.74, 6) is -1.26. The molecule has 3 nitrogen and oxygen atoms in total. The summed E-state index contributed by atoms with van der Waals surface area (Å²) in [6.07, 6.45) is -1.64. The van der Waals surface area contributed by atoms with E-state index in [1.165, 1.54) is 12.3 Å². The minimum atomic E-state index is -4.63. The van der Waals surface area contributed by atoms with Gasteiger partial charge in [-0.15, -0.1) is 0 Å². The number of nitrogens with zero attached hydrogens (tertiary/aromatic N) is 3. The lowest BCUT2D eigenvalue weighted by molar-refractivity contribution is -0.144. The summed E-state index contributed by atoms with van der Waals surface area (Å²) in [6, 6.07) is 2.96. The van der Waals surface area contributed by atoms with Gasteiger partial charge in [-0.05, 0) is 18.6 Å². The first-order valence-electron chi connectivity index (χ1n) is 4.90. The molecular formula is C11H7ClF3N3. The van der Waals surface area contributed by atoms with Crippen LogP contribution in [0.5, 0.6) is 0 Å². The predicted octanol–water partition coefficient (Wildman–Crippen LogP) is 3.52. The van der Waals surface area contributed by atoms with Gasteiger partial charge in [-0.3, -0.25) is 4.98 Å². The summed E-state index contributed by atoms with van der Waals surface area (Å²) in [4.78, 5) is 10.5. The van der Waals surface area contributed by atoms with Crippen LogP contribution in [-0.2, 0) is 6.18 Å². The molecule has 0 bridgehead atoms. The average Bonchev–Trinajstić information content (AvgIpc) is 2.27. The van der Waals surface area contributed by atoms with Crippen molar-refractivity contribution < 1.29 is 13.2 Å². The van der Waals surface area contributed by atoms with Crippen LogP contribution in [0.3, 0.4) is 0 Å². The molecule has 0 amide bonds. The Bertz CT molecular complexity index is 584. The molecule has 18 heavy (non-hydrogen) atoms. The van der Waals surface area contributed by atoms with Gasteiger partial charge in [-0.1, -0.05) is 11.6 Å². The van der Waals surface area contributed by atoms with Crippen molar-refractivity contribution in [1.82, 2.24) is 15.0 Å². The summed E-state index contributed by atoms with van der Waals surface area (Å²) in [7, 11) is 0. The Kier molecular flexibility index (Phi) is 3.21. The van der Waals surface area contributed by atoms with Crippen LogP contribution in [0.4, 0.5) is 13.2 Å². The third kappa shape index (κ3) is 2.59. The molecule has 2 aromatic heterocycles. The summed E-state index contributed by atoms with van der Waals surface area (Å²) in [5, 5.41) is -0.254. The highest BCUT2D eigenvalue weighted by Gasteiger charge is 2.35. The molecule has 0 aromatic carbocycles. The molecule has 0 fully saturated rings. The monoisotopic (exact) mass is 273 g/mol. The lowest BCUT2D eigenvalue weighted by Gasteiger charge is -2.09. The highest BCUT2D eigenvalue weighted by molar-refractivity contribution is 6.29. The Balaban J connectivity index is 2.60. The minimum absolute atomic E-state index is 0.105. The lowest BCUT2D eigenvalue weighted by Crippen LogP contribution is -2.11. The summed E-state index contributed by atoms with van der Waals surface area (Å²) >= 11 is 5.59. The number of hydrogen-bond acceptors (Lipinski definition) is 3. The zero-order valence-electron chi connectivity index (χ0n) is 9.16. The number of hydrogen-bond donors (Lipinski definition) is 0. The maximum Gasteiger partial charge on any atom is 0.451 e. The summed E-state index contributed by atoms with van der Waals surface area (Å²) in [5.41, 5.74) is 1.35. The SMILES string of the molecule is Cc1ccncc1-c1cc(Cl)nc(C(F)(F)F)n1. The number of pyridine rings is 1. The number of alkyl halides is 3. The fourth-order valence-corrected chi connectivity index (χ4v) is 1.60. The number of aryl methyl sites for hydroxylation is 1. The summed E-state index contributed by atoms with van der Waals surface area (Å²) < 4.78 is 37.7. The van der Waals surface area contributed by atoms with Gasteiger partial charge in [-0.2, -0.15) is 13.2 Å². The van der Waals surface area contributed by atoms with Gasteiger partial charge in [-0.25, -0.2) is 9.97 Å². The van der Waals surface area contributed by atoms with Crippen molar-refractivity contribution in [3.8, 4) is 11.3 Å². The number of halogens is 4. The second-order valence-corrected chi connectivity index (χ2v) is 3.98. The van der Waals surface area contributed by atoms with Crippen molar-refractivity contribution >= 4 is 11.6 Å². The van der Waals surface area contributed by atoms with Crippen LogP contribution in [0.15, 0.2) is 24.5 Å². The smallest absolute Gasteiger partial charge is 0.264 e. The van der Waals surface area contributed by atoms with Crippen molar-refractivity contribution in [2.45, 2.75) is 13.1 Å². The molecule has 7 heteroatoms. The third-order valence-electron chi connectivity index (χ3n) is 2.26. The highest BCUT2D eigenvalue weighted by atomic mass is 35.5. The van der Waals surface area contributed by atoms with E-state index in [2.05, 4.69) is 15.0 Å². The molecular weight excluding hydrogens is 267 g/mol. The normalized spacial score (nSPS) is 11.6. The van der Waals surface area contributed by atoms with Crippen LogP contribution in [0, 0.1) is 6.92 Å². The predicted molar refractivity (Wildman–Crippen MR) is 60.0 cm³/mol. The molecule has 94 valence electrons. The second kappa shape index (κ2) is 4.53. The van der Waals surface area contributed by atoms with Crippen molar-refractivity contribution in [2.75, 3.05) is 0 Å². The van der Waals surface area contributed by atoms with E-state index in [-0.39, 0.29) is 10.8 Å². The zero-order valence-corrected chi connectivity index (χ0v) is 9.92. The van der Waals surface area contributed by atoms with Gasteiger partial charge in [0.2, 0.25) is 5.82 Å². The molecule has 0 aliphatic rings. The van der Waals surface area contributed by atoms with Crippen molar-refractivity contribution in [1.29, 1.82) is 0 Å². The summed E-state index contributed by atoms with van der Waals surface area (Å²) in [6.45, 7) is 1.75. The van der Waals surface area contributed by atoms with Gasteiger partial charge in [0.25, 0.3) is 0 Å². The Hall–Kier alpha value is -1.69. The van der Waals surface area contributed by atoms with Gasteiger partial charge in [0.15, 0.2) is 0 Å². The molecule has 0 N–H and O–H groups in total. The molecule has 0 radical (unpaired) electrons. The molecule has 0 aliphatic carbocycles. The average molecular weight is 274 g/mol. The molecule has 0 aliphatic heterocycles. The van der Waals surface area contributed by atoms with E-state index in [0.29, 0.717) is 5.56 Å². The van der Waals surface area contributed by atoms with Crippen LogP contribution < -0.4 is 0 Å². The molecule has 0 saturated heterocycles. The van der Waals surface area contributed by atoms with Crippen LogP contribution in [0.25, 0.3) is 11.3 Å². The van der Waals surface area contributed by atoms with Gasteiger partial charge in [0.1, 0.15) is 5.15 Å².